The zero-order valence-corrected chi connectivity index (χ0v) is 15.5. The predicted molar refractivity (Wildman–Crippen MR) is 103 cm³/mol. The molecule has 7 nitrogen and oxygen atoms in total. The zero-order valence-electron chi connectivity index (χ0n) is 15.5. The largest absolute Gasteiger partial charge is 0.494 e. The van der Waals surface area contributed by atoms with Crippen molar-refractivity contribution in [2.75, 3.05) is 51.3 Å². The Labute approximate surface area is 159 Å². The van der Waals surface area contributed by atoms with Crippen LogP contribution in [0, 0.1) is 11.3 Å². The number of ether oxygens (including phenoxy) is 2. The van der Waals surface area contributed by atoms with Crippen LogP contribution in [0.1, 0.15) is 24.1 Å². The van der Waals surface area contributed by atoms with Gasteiger partial charge in [0.05, 0.1) is 32.9 Å². The standard InChI is InChI=1S/C20H24N4O3/c1-2-26-17-6-3-16(4-7-17)5-8-19-23-18(15-21)20(27-19)22-9-10-24-11-13-25-14-12-24/h3-8,22H,2,9-14H2,1H3/p+1/b8-5+. The van der Waals surface area contributed by atoms with Crippen LogP contribution < -0.4 is 15.0 Å². The van der Waals surface area contributed by atoms with Gasteiger partial charge in [0.1, 0.15) is 24.9 Å². The van der Waals surface area contributed by atoms with Gasteiger partial charge in [-0.3, -0.25) is 0 Å². The topological polar surface area (TPSA) is 84.8 Å². The number of hydrogen-bond donors (Lipinski definition) is 2. The Kier molecular flexibility index (Phi) is 6.85. The molecule has 1 aromatic carbocycles. The van der Waals surface area contributed by atoms with Gasteiger partial charge in [0.25, 0.3) is 0 Å². The molecule has 2 heterocycles. The summed E-state index contributed by atoms with van der Waals surface area (Å²) >= 11 is 0. The molecule has 1 aromatic heterocycles. The molecule has 0 saturated carbocycles. The molecule has 142 valence electrons. The molecule has 7 heteroatoms. The molecule has 0 spiro atoms. The number of nitrogens with one attached hydrogen (secondary N) is 2. The molecule has 0 unspecified atom stereocenters. The van der Waals surface area contributed by atoms with Crippen LogP contribution in [-0.4, -0.2) is 51.0 Å². The van der Waals surface area contributed by atoms with Crippen LogP contribution in [0.3, 0.4) is 0 Å². The van der Waals surface area contributed by atoms with E-state index in [0.717, 1.165) is 50.7 Å². The Morgan fingerprint density at radius 2 is 2.04 bits per heavy atom. The van der Waals surface area contributed by atoms with E-state index in [1.807, 2.05) is 37.3 Å². The van der Waals surface area contributed by atoms with E-state index >= 15 is 0 Å². The Balaban J connectivity index is 1.57. The molecule has 1 aliphatic heterocycles. The first kappa shape index (κ1) is 19.0. The summed E-state index contributed by atoms with van der Waals surface area (Å²) < 4.78 is 16.5. The summed E-state index contributed by atoms with van der Waals surface area (Å²) in [6.07, 6.45) is 3.65. The number of morpholine rings is 1. The summed E-state index contributed by atoms with van der Waals surface area (Å²) in [5.74, 6) is 1.67. The maximum atomic E-state index is 9.27. The number of benzene rings is 1. The van der Waals surface area contributed by atoms with Gasteiger partial charge in [-0.2, -0.15) is 10.2 Å². The maximum absolute atomic E-state index is 9.27. The lowest BCUT2D eigenvalue weighted by Crippen LogP contribution is -3.14. The molecule has 2 N–H and O–H groups in total. The minimum atomic E-state index is 0.276. The molecule has 0 atom stereocenters. The highest BCUT2D eigenvalue weighted by atomic mass is 16.5. The van der Waals surface area contributed by atoms with Gasteiger partial charge in [-0.05, 0) is 30.7 Å². The SMILES string of the molecule is CCOc1ccc(/C=C/c2nc(C#N)c(NCC[NH+]3CCOCC3)o2)cc1. The van der Waals surface area contributed by atoms with Crippen LogP contribution in [-0.2, 0) is 4.74 Å². The van der Waals surface area contributed by atoms with Gasteiger partial charge < -0.3 is 24.1 Å². The molecule has 1 fully saturated rings. The van der Waals surface area contributed by atoms with Crippen LogP contribution >= 0.6 is 0 Å². The lowest BCUT2D eigenvalue weighted by atomic mass is 10.2. The molecule has 1 aliphatic rings. The van der Waals surface area contributed by atoms with Crippen LogP contribution in [0.25, 0.3) is 12.2 Å². The number of nitriles is 1. The van der Waals surface area contributed by atoms with Crippen molar-refractivity contribution in [1.82, 2.24) is 4.98 Å². The Morgan fingerprint density at radius 3 is 2.74 bits per heavy atom. The van der Waals surface area contributed by atoms with E-state index in [0.29, 0.717) is 18.4 Å². The molecule has 2 aromatic rings. The first-order chi connectivity index (χ1) is 13.3. The first-order valence-corrected chi connectivity index (χ1v) is 9.25. The van der Waals surface area contributed by atoms with E-state index in [1.165, 1.54) is 4.90 Å². The second-order valence-corrected chi connectivity index (χ2v) is 6.22. The summed E-state index contributed by atoms with van der Waals surface area (Å²) in [5, 5.41) is 12.5. The molecule has 3 rings (SSSR count). The monoisotopic (exact) mass is 369 g/mol. The van der Waals surface area contributed by atoms with Crippen molar-refractivity contribution in [3.63, 3.8) is 0 Å². The van der Waals surface area contributed by atoms with E-state index < -0.39 is 0 Å². The third-order valence-electron chi connectivity index (χ3n) is 4.32. The van der Waals surface area contributed by atoms with Gasteiger partial charge in [-0.25, -0.2) is 0 Å². The number of quaternary nitrogens is 1. The van der Waals surface area contributed by atoms with Gasteiger partial charge >= 0.3 is 0 Å². The molecule has 0 amide bonds. The average Bonchev–Trinajstić information content (AvgIpc) is 3.11. The smallest absolute Gasteiger partial charge is 0.232 e. The highest BCUT2D eigenvalue weighted by Crippen LogP contribution is 2.19. The summed E-state index contributed by atoms with van der Waals surface area (Å²) in [4.78, 5) is 5.72. The summed E-state index contributed by atoms with van der Waals surface area (Å²) in [5.41, 5.74) is 1.28. The fourth-order valence-corrected chi connectivity index (χ4v) is 2.88. The zero-order chi connectivity index (χ0) is 18.9. The summed E-state index contributed by atoms with van der Waals surface area (Å²) in [6, 6.07) is 9.83. The van der Waals surface area contributed by atoms with Crippen LogP contribution in [0.4, 0.5) is 5.88 Å². The fraction of sp³-hybridized carbons (Fsp3) is 0.400. The van der Waals surface area contributed by atoms with Gasteiger partial charge in [0, 0.05) is 6.08 Å². The van der Waals surface area contributed by atoms with Gasteiger partial charge in [-0.15, -0.1) is 0 Å². The molecular formula is C20H25N4O3+. The number of nitrogens with zero attached hydrogens (tertiary/aromatic N) is 2. The van der Waals surface area contributed by atoms with Gasteiger partial charge in [-0.1, -0.05) is 12.1 Å². The van der Waals surface area contributed by atoms with Crippen LogP contribution in [0.2, 0.25) is 0 Å². The average molecular weight is 369 g/mol. The Bertz CT molecular complexity index is 787. The number of aromatic nitrogens is 1. The molecule has 0 bridgehead atoms. The van der Waals surface area contributed by atoms with Crippen molar-refractivity contribution in [3.05, 3.63) is 41.4 Å². The van der Waals surface area contributed by atoms with E-state index in [1.54, 1.807) is 6.08 Å². The van der Waals surface area contributed by atoms with E-state index in [4.69, 9.17) is 13.9 Å². The number of anilines is 1. The van der Waals surface area contributed by atoms with Crippen LogP contribution in [0.15, 0.2) is 28.7 Å². The highest BCUT2D eigenvalue weighted by Gasteiger charge is 2.15. The predicted octanol–water partition coefficient (Wildman–Crippen LogP) is 1.44. The van der Waals surface area contributed by atoms with E-state index in [2.05, 4.69) is 16.4 Å². The van der Waals surface area contributed by atoms with E-state index in [9.17, 15) is 5.26 Å². The Morgan fingerprint density at radius 1 is 1.26 bits per heavy atom. The lowest BCUT2D eigenvalue weighted by molar-refractivity contribution is -0.906. The van der Waals surface area contributed by atoms with Crippen molar-refractivity contribution >= 4 is 18.0 Å². The van der Waals surface area contributed by atoms with Gasteiger partial charge in [0.15, 0.2) is 0 Å². The fourth-order valence-electron chi connectivity index (χ4n) is 2.88. The van der Waals surface area contributed by atoms with Crippen molar-refractivity contribution in [2.24, 2.45) is 0 Å². The molecule has 1 saturated heterocycles. The maximum Gasteiger partial charge on any atom is 0.232 e. The molecule has 0 aliphatic carbocycles. The molecule has 27 heavy (non-hydrogen) atoms. The van der Waals surface area contributed by atoms with Crippen molar-refractivity contribution in [3.8, 4) is 11.8 Å². The normalized spacial score (nSPS) is 15.0. The third-order valence-corrected chi connectivity index (χ3v) is 4.32. The number of oxazole rings is 1. The van der Waals surface area contributed by atoms with Crippen LogP contribution in [0.5, 0.6) is 5.75 Å². The Hall–Kier alpha value is -2.82. The lowest BCUT2D eigenvalue weighted by Gasteiger charge is -2.23. The summed E-state index contributed by atoms with van der Waals surface area (Å²) in [6.45, 7) is 7.91. The molecule has 0 radical (unpaired) electrons. The van der Waals surface area contributed by atoms with Crippen molar-refractivity contribution in [2.45, 2.75) is 6.92 Å². The second-order valence-electron chi connectivity index (χ2n) is 6.22. The van der Waals surface area contributed by atoms with Crippen molar-refractivity contribution in [1.29, 1.82) is 5.26 Å². The van der Waals surface area contributed by atoms with Gasteiger partial charge in [0.2, 0.25) is 17.5 Å². The number of hydrogen-bond acceptors (Lipinski definition) is 6. The highest BCUT2D eigenvalue weighted by molar-refractivity contribution is 5.67. The molecular weight excluding hydrogens is 344 g/mol. The minimum Gasteiger partial charge on any atom is -0.494 e. The summed E-state index contributed by atoms with van der Waals surface area (Å²) in [7, 11) is 0. The van der Waals surface area contributed by atoms with E-state index in [-0.39, 0.29) is 5.69 Å². The first-order valence-electron chi connectivity index (χ1n) is 9.25. The third kappa shape index (κ3) is 5.58. The second kappa shape index (κ2) is 9.76. The van der Waals surface area contributed by atoms with Crippen molar-refractivity contribution < 1.29 is 18.8 Å². The number of rotatable bonds is 8. The quantitative estimate of drug-likeness (QED) is 0.733. The minimum absolute atomic E-state index is 0.276.